The van der Waals surface area contributed by atoms with Gasteiger partial charge in [0.05, 0.1) is 28.9 Å². The van der Waals surface area contributed by atoms with Crippen molar-refractivity contribution in [3.8, 4) is 22.7 Å². The molecular formula is C24H19ClN4O3. The second kappa shape index (κ2) is 8.95. The van der Waals surface area contributed by atoms with E-state index in [1.54, 1.807) is 36.2 Å². The van der Waals surface area contributed by atoms with E-state index in [0.29, 0.717) is 22.7 Å². The van der Waals surface area contributed by atoms with Gasteiger partial charge in [0, 0.05) is 17.4 Å². The molecule has 0 aliphatic heterocycles. The minimum atomic E-state index is -0.640. The number of halogens is 1. The van der Waals surface area contributed by atoms with Crippen LogP contribution in [0.15, 0.2) is 79.0 Å². The summed E-state index contributed by atoms with van der Waals surface area (Å²) in [4.78, 5) is 24.6. The van der Waals surface area contributed by atoms with Crippen LogP contribution >= 0.6 is 11.6 Å². The third-order valence-corrected chi connectivity index (χ3v) is 5.15. The Morgan fingerprint density at radius 1 is 1.00 bits per heavy atom. The molecule has 0 saturated heterocycles. The van der Waals surface area contributed by atoms with E-state index in [1.165, 1.54) is 12.1 Å². The van der Waals surface area contributed by atoms with Crippen molar-refractivity contribution in [2.24, 2.45) is 5.73 Å². The molecule has 0 saturated carbocycles. The highest BCUT2D eigenvalue weighted by atomic mass is 35.5. The Morgan fingerprint density at radius 2 is 1.72 bits per heavy atom. The number of anilines is 1. The summed E-state index contributed by atoms with van der Waals surface area (Å²) in [7, 11) is 1.59. The highest BCUT2D eigenvalue weighted by molar-refractivity contribution is 6.34. The van der Waals surface area contributed by atoms with Crippen LogP contribution in [0.1, 0.15) is 20.7 Å². The van der Waals surface area contributed by atoms with Crippen molar-refractivity contribution < 1.29 is 14.3 Å². The highest BCUT2D eigenvalue weighted by Crippen LogP contribution is 2.27. The number of nitrogens with two attached hydrogens (primary N) is 1. The SMILES string of the molecule is COc1ccc(-c2nn(-c3ccccc3)cc2C(=O)Nc2ccc(C(N)=O)c(Cl)c2)cc1. The quantitative estimate of drug-likeness (QED) is 0.453. The lowest BCUT2D eigenvalue weighted by molar-refractivity contribution is 0.0998. The fourth-order valence-corrected chi connectivity index (χ4v) is 3.48. The summed E-state index contributed by atoms with van der Waals surface area (Å²) in [6, 6.07) is 21.3. The number of hydrogen-bond donors (Lipinski definition) is 2. The number of methoxy groups -OCH3 is 1. The summed E-state index contributed by atoms with van der Waals surface area (Å²) < 4.78 is 6.87. The standard InChI is InChI=1S/C24H19ClN4O3/c1-32-18-10-7-15(8-11-18)22-20(14-29(28-22)17-5-3-2-4-6-17)24(31)27-16-9-12-19(23(26)30)21(25)13-16/h2-14H,1H3,(H2,26,30)(H,27,31). The van der Waals surface area contributed by atoms with Gasteiger partial charge in [0.2, 0.25) is 5.91 Å². The molecular weight excluding hydrogens is 428 g/mol. The van der Waals surface area contributed by atoms with Gasteiger partial charge in [-0.1, -0.05) is 29.8 Å². The first-order valence-electron chi connectivity index (χ1n) is 9.66. The van der Waals surface area contributed by atoms with E-state index in [0.717, 1.165) is 11.3 Å². The summed E-state index contributed by atoms with van der Waals surface area (Å²) in [5, 5.41) is 7.62. The third kappa shape index (κ3) is 4.33. The molecule has 0 fully saturated rings. The molecule has 0 spiro atoms. The molecule has 2 amide bonds. The molecule has 0 radical (unpaired) electrons. The van der Waals surface area contributed by atoms with E-state index in [-0.39, 0.29) is 16.5 Å². The largest absolute Gasteiger partial charge is 0.497 e. The first-order valence-corrected chi connectivity index (χ1v) is 10.0. The average Bonchev–Trinajstić information content (AvgIpc) is 3.25. The molecule has 8 heteroatoms. The van der Waals surface area contributed by atoms with Gasteiger partial charge in [-0.2, -0.15) is 5.10 Å². The summed E-state index contributed by atoms with van der Waals surface area (Å²) in [5.74, 6) is -0.314. The van der Waals surface area contributed by atoms with Gasteiger partial charge in [-0.3, -0.25) is 9.59 Å². The van der Waals surface area contributed by atoms with Crippen molar-refractivity contribution in [1.29, 1.82) is 0 Å². The number of aromatic nitrogens is 2. The number of nitrogens with one attached hydrogen (secondary N) is 1. The first-order chi connectivity index (χ1) is 15.5. The molecule has 0 aliphatic rings. The van der Waals surface area contributed by atoms with Gasteiger partial charge in [0.25, 0.3) is 5.91 Å². The lowest BCUT2D eigenvalue weighted by atomic mass is 10.1. The Kier molecular flexibility index (Phi) is 5.91. The van der Waals surface area contributed by atoms with Crippen LogP contribution < -0.4 is 15.8 Å². The number of ether oxygens (including phenoxy) is 1. The second-order valence-corrected chi connectivity index (χ2v) is 7.32. The third-order valence-electron chi connectivity index (χ3n) is 4.84. The zero-order chi connectivity index (χ0) is 22.7. The van der Waals surface area contributed by atoms with E-state index in [2.05, 4.69) is 10.4 Å². The van der Waals surface area contributed by atoms with Gasteiger partial charge >= 0.3 is 0 Å². The number of carbonyl (C=O) groups is 2. The molecule has 1 heterocycles. The van der Waals surface area contributed by atoms with Gasteiger partial charge in [-0.15, -0.1) is 0 Å². The van der Waals surface area contributed by atoms with Crippen molar-refractivity contribution in [2.75, 3.05) is 12.4 Å². The Balaban J connectivity index is 1.72. The van der Waals surface area contributed by atoms with Crippen molar-refractivity contribution in [2.45, 2.75) is 0 Å². The van der Waals surface area contributed by atoms with E-state index >= 15 is 0 Å². The highest BCUT2D eigenvalue weighted by Gasteiger charge is 2.19. The fraction of sp³-hybridized carbons (Fsp3) is 0.0417. The number of hydrogen-bond acceptors (Lipinski definition) is 4. The first kappa shape index (κ1) is 21.1. The van der Waals surface area contributed by atoms with Crippen LogP contribution in [0.5, 0.6) is 5.75 Å². The predicted octanol–water partition coefficient (Wildman–Crippen LogP) is 4.55. The zero-order valence-electron chi connectivity index (χ0n) is 17.1. The fourth-order valence-electron chi connectivity index (χ4n) is 3.21. The van der Waals surface area contributed by atoms with Crippen molar-refractivity contribution in [3.63, 3.8) is 0 Å². The molecule has 1 aromatic heterocycles. The molecule has 32 heavy (non-hydrogen) atoms. The van der Waals surface area contributed by atoms with Crippen molar-refractivity contribution in [1.82, 2.24) is 9.78 Å². The summed E-state index contributed by atoms with van der Waals surface area (Å²) in [5.41, 5.74) is 8.35. The van der Waals surface area contributed by atoms with E-state index in [1.807, 2.05) is 42.5 Å². The number of primary amides is 1. The second-order valence-electron chi connectivity index (χ2n) is 6.91. The predicted molar refractivity (Wildman–Crippen MR) is 123 cm³/mol. The molecule has 0 bridgehead atoms. The monoisotopic (exact) mass is 446 g/mol. The maximum Gasteiger partial charge on any atom is 0.259 e. The molecule has 3 aromatic carbocycles. The van der Waals surface area contributed by atoms with Gasteiger partial charge in [-0.25, -0.2) is 4.68 Å². The van der Waals surface area contributed by atoms with Gasteiger partial charge in [0.15, 0.2) is 0 Å². The minimum absolute atomic E-state index is 0.158. The lowest BCUT2D eigenvalue weighted by Gasteiger charge is -2.08. The zero-order valence-corrected chi connectivity index (χ0v) is 17.8. The topological polar surface area (TPSA) is 99.2 Å². The maximum atomic E-state index is 13.2. The van der Waals surface area contributed by atoms with E-state index in [9.17, 15) is 9.59 Å². The Hall–Kier alpha value is -4.10. The summed E-state index contributed by atoms with van der Waals surface area (Å²) in [6.07, 6.45) is 1.67. The normalized spacial score (nSPS) is 10.6. The molecule has 3 N–H and O–H groups in total. The molecule has 0 aliphatic carbocycles. The summed E-state index contributed by atoms with van der Waals surface area (Å²) in [6.45, 7) is 0. The molecule has 4 rings (SSSR count). The van der Waals surface area contributed by atoms with Gasteiger partial charge in [0.1, 0.15) is 11.4 Å². The summed E-state index contributed by atoms with van der Waals surface area (Å²) >= 11 is 6.11. The Morgan fingerprint density at radius 3 is 2.34 bits per heavy atom. The lowest BCUT2D eigenvalue weighted by Crippen LogP contribution is -2.14. The van der Waals surface area contributed by atoms with Crippen LogP contribution in [0.2, 0.25) is 5.02 Å². The number of carbonyl (C=O) groups excluding carboxylic acids is 2. The van der Waals surface area contributed by atoms with Crippen molar-refractivity contribution in [3.05, 3.63) is 95.1 Å². The number of rotatable bonds is 6. The molecule has 7 nitrogen and oxygen atoms in total. The Bertz CT molecular complexity index is 1280. The minimum Gasteiger partial charge on any atom is -0.497 e. The van der Waals surface area contributed by atoms with Crippen LogP contribution in [0.4, 0.5) is 5.69 Å². The number of para-hydroxylation sites is 1. The molecule has 0 unspecified atom stereocenters. The van der Waals surface area contributed by atoms with Crippen molar-refractivity contribution >= 4 is 29.1 Å². The van der Waals surface area contributed by atoms with E-state index in [4.69, 9.17) is 22.1 Å². The molecule has 160 valence electrons. The molecule has 0 atom stereocenters. The number of benzene rings is 3. The Labute approximate surface area is 189 Å². The van der Waals surface area contributed by atoms with Crippen LogP contribution in [-0.4, -0.2) is 28.7 Å². The smallest absolute Gasteiger partial charge is 0.259 e. The van der Waals surface area contributed by atoms with Gasteiger partial charge in [-0.05, 0) is 54.6 Å². The van der Waals surface area contributed by atoms with Crippen LogP contribution in [0.25, 0.3) is 16.9 Å². The number of amides is 2. The average molecular weight is 447 g/mol. The van der Waals surface area contributed by atoms with Crippen LogP contribution in [0.3, 0.4) is 0 Å². The van der Waals surface area contributed by atoms with Crippen LogP contribution in [0, 0.1) is 0 Å². The number of nitrogens with zero attached hydrogens (tertiary/aromatic N) is 2. The van der Waals surface area contributed by atoms with Crippen LogP contribution in [-0.2, 0) is 0 Å². The molecule has 4 aromatic rings. The maximum absolute atomic E-state index is 13.2. The van der Waals surface area contributed by atoms with Gasteiger partial charge < -0.3 is 15.8 Å². The van der Waals surface area contributed by atoms with E-state index < -0.39 is 5.91 Å².